The number of likely N-dealkylation sites (tertiary alicyclic amines) is 2. The minimum atomic E-state index is -0.737. The second-order valence-electron chi connectivity index (χ2n) is 18.9. The topological polar surface area (TPSA) is 157 Å². The van der Waals surface area contributed by atoms with E-state index in [-0.39, 0.29) is 36.2 Å². The SMILES string of the molecule is CC(C)(C)OC(=O)C[C@H]1CCC[C@@H](C(=O)O)C1.CC(C)(C)OC(=O)C[C@H]1CCC[C@@H](CC(=O)N2CCCC2)C1.Cl.N[C@H]1CCC[C@@H](CC(=O)N2CCCC2)C1. The minimum Gasteiger partial charge on any atom is -0.481 e. The van der Waals surface area contributed by atoms with Gasteiger partial charge >= 0.3 is 17.9 Å². The van der Waals surface area contributed by atoms with E-state index in [1.54, 1.807) is 0 Å². The number of hydrogen-bond donors (Lipinski definition) is 2. The number of hydrogen-bond acceptors (Lipinski definition) is 8. The van der Waals surface area contributed by atoms with Crippen LogP contribution >= 0.6 is 12.4 Å². The average molecular weight is 799 g/mol. The number of carboxylic acid groups (broad SMARTS) is 1. The van der Waals surface area contributed by atoms with Gasteiger partial charge in [-0.25, -0.2) is 0 Å². The van der Waals surface area contributed by atoms with Crippen LogP contribution in [0.2, 0.25) is 0 Å². The van der Waals surface area contributed by atoms with E-state index in [1.165, 1.54) is 25.7 Å². The second kappa shape index (κ2) is 23.7. The molecule has 0 aromatic carbocycles. The van der Waals surface area contributed by atoms with Gasteiger partial charge in [-0.15, -0.1) is 12.4 Å². The average Bonchev–Trinajstić information content (AvgIpc) is 3.80. The van der Waals surface area contributed by atoms with Crippen LogP contribution in [0, 0.1) is 29.6 Å². The van der Waals surface area contributed by atoms with Gasteiger partial charge in [0.25, 0.3) is 0 Å². The van der Waals surface area contributed by atoms with Crippen molar-refractivity contribution in [3.05, 3.63) is 0 Å². The Labute approximate surface area is 338 Å². The van der Waals surface area contributed by atoms with Crippen molar-refractivity contribution in [3.63, 3.8) is 0 Å². The van der Waals surface area contributed by atoms with Crippen molar-refractivity contribution in [1.82, 2.24) is 9.80 Å². The Kier molecular flexibility index (Phi) is 21.0. The third kappa shape index (κ3) is 20.0. The highest BCUT2D eigenvalue weighted by molar-refractivity contribution is 5.85. The minimum absolute atomic E-state index is 0. The van der Waals surface area contributed by atoms with Crippen LogP contribution in [0.25, 0.3) is 0 Å². The molecule has 0 bridgehead atoms. The molecule has 0 radical (unpaired) electrons. The molecule has 318 valence electrons. The molecule has 5 fully saturated rings. The van der Waals surface area contributed by atoms with E-state index in [2.05, 4.69) is 0 Å². The van der Waals surface area contributed by atoms with E-state index in [9.17, 15) is 24.0 Å². The van der Waals surface area contributed by atoms with E-state index in [0.717, 1.165) is 103 Å². The maximum absolute atomic E-state index is 12.3. The lowest BCUT2D eigenvalue weighted by Gasteiger charge is -2.30. The van der Waals surface area contributed by atoms with Crippen LogP contribution in [0.15, 0.2) is 0 Å². The Morgan fingerprint density at radius 3 is 1.31 bits per heavy atom. The number of carbonyl (C=O) groups is 5. The summed E-state index contributed by atoms with van der Waals surface area (Å²) >= 11 is 0. The lowest BCUT2D eigenvalue weighted by atomic mass is 9.78. The highest BCUT2D eigenvalue weighted by Gasteiger charge is 2.31. The summed E-state index contributed by atoms with van der Waals surface area (Å²) in [5.74, 6) is 0.926. The largest absolute Gasteiger partial charge is 0.481 e. The van der Waals surface area contributed by atoms with Gasteiger partial charge in [-0.05, 0) is 149 Å². The van der Waals surface area contributed by atoms with Gasteiger partial charge in [0.2, 0.25) is 11.8 Å². The van der Waals surface area contributed by atoms with Gasteiger partial charge in [0.05, 0.1) is 5.92 Å². The van der Waals surface area contributed by atoms with E-state index >= 15 is 0 Å². The van der Waals surface area contributed by atoms with Crippen molar-refractivity contribution in [2.75, 3.05) is 26.2 Å². The quantitative estimate of drug-likeness (QED) is 0.220. The van der Waals surface area contributed by atoms with Crippen LogP contribution in [0.4, 0.5) is 0 Å². The standard InChI is InChI=1S/C18H31NO3.C13H22O4.C12H22N2O.ClH/c1-18(2,3)22-17(21)13-15-8-6-7-14(11-15)12-16(20)19-9-4-5-10-19;1-13(2,3)17-11(14)8-9-5-4-6-10(7-9)12(15)16;13-11-5-3-4-10(8-11)9-12(15)14-6-1-2-7-14;/h14-15H,4-13H2,1-3H3;9-10H,4-8H2,1-3H3,(H,15,16);10-11H,1-9,13H2;1H/t14-,15+;9-,10+;10-,11+;/m101./s1. The summed E-state index contributed by atoms with van der Waals surface area (Å²) in [4.78, 5) is 62.7. The first-order valence-electron chi connectivity index (χ1n) is 21.3. The van der Waals surface area contributed by atoms with E-state index in [1.807, 2.05) is 51.3 Å². The normalized spacial score (nSPS) is 27.0. The van der Waals surface area contributed by atoms with Gasteiger partial charge < -0.3 is 30.1 Å². The Bertz CT molecular complexity index is 1210. The molecule has 2 saturated heterocycles. The first-order valence-corrected chi connectivity index (χ1v) is 21.3. The molecule has 3 saturated carbocycles. The summed E-state index contributed by atoms with van der Waals surface area (Å²) < 4.78 is 10.7. The monoisotopic (exact) mass is 798 g/mol. The molecule has 5 rings (SSSR count). The lowest BCUT2D eigenvalue weighted by Crippen LogP contribution is -2.33. The number of nitrogens with two attached hydrogens (primary N) is 1. The first-order chi connectivity index (χ1) is 25.4. The van der Waals surface area contributed by atoms with E-state index in [0.29, 0.717) is 61.3 Å². The van der Waals surface area contributed by atoms with Crippen molar-refractivity contribution in [3.8, 4) is 0 Å². The smallest absolute Gasteiger partial charge is 0.306 e. The molecule has 0 aromatic rings. The number of carboxylic acids is 1. The number of rotatable bonds is 9. The lowest BCUT2D eigenvalue weighted by molar-refractivity contribution is -0.157. The molecule has 0 unspecified atom stereocenters. The van der Waals surface area contributed by atoms with E-state index < -0.39 is 17.2 Å². The van der Waals surface area contributed by atoms with Gasteiger partial charge in [0, 0.05) is 57.9 Å². The number of ether oxygens (including phenoxy) is 2. The molecule has 5 aliphatic rings. The molecular formula is C43H76ClN3O8. The molecular weight excluding hydrogens is 722 g/mol. The number of esters is 2. The fourth-order valence-electron chi connectivity index (χ4n) is 8.91. The van der Waals surface area contributed by atoms with Crippen molar-refractivity contribution in [2.45, 2.75) is 187 Å². The molecule has 2 amide bonds. The Hall–Kier alpha value is -2.40. The highest BCUT2D eigenvalue weighted by atomic mass is 35.5. The van der Waals surface area contributed by atoms with Crippen LogP contribution in [0.3, 0.4) is 0 Å². The summed E-state index contributed by atoms with van der Waals surface area (Å²) in [6, 6.07) is 0.343. The molecule has 11 nitrogen and oxygen atoms in total. The molecule has 0 spiro atoms. The predicted octanol–water partition coefficient (Wildman–Crippen LogP) is 8.08. The fraction of sp³-hybridized carbons (Fsp3) is 0.884. The fourth-order valence-corrected chi connectivity index (χ4v) is 8.91. The molecule has 2 aliphatic heterocycles. The highest BCUT2D eigenvalue weighted by Crippen LogP contribution is 2.35. The van der Waals surface area contributed by atoms with Crippen molar-refractivity contribution < 1.29 is 38.6 Å². The second-order valence-corrected chi connectivity index (χ2v) is 18.9. The molecule has 2 heterocycles. The zero-order chi connectivity index (χ0) is 39.9. The number of halogens is 1. The van der Waals surface area contributed by atoms with E-state index in [4.69, 9.17) is 20.3 Å². The maximum atomic E-state index is 12.3. The molecule has 12 heteroatoms. The zero-order valence-electron chi connectivity index (χ0n) is 35.1. The summed E-state index contributed by atoms with van der Waals surface area (Å²) in [5, 5.41) is 8.96. The van der Waals surface area contributed by atoms with Gasteiger partial charge in [-0.3, -0.25) is 24.0 Å². The Morgan fingerprint density at radius 1 is 0.545 bits per heavy atom. The molecule has 3 N–H and O–H groups in total. The molecule has 0 aromatic heterocycles. The number of nitrogens with zero attached hydrogens (tertiary/aromatic N) is 2. The first kappa shape index (κ1) is 48.7. The molecule has 55 heavy (non-hydrogen) atoms. The van der Waals surface area contributed by atoms with Crippen LogP contribution in [-0.4, -0.2) is 88.1 Å². The third-order valence-corrected chi connectivity index (χ3v) is 11.4. The summed E-state index contributed by atoms with van der Waals surface area (Å²) in [6.07, 6.45) is 19.1. The Balaban J connectivity index is 0.000000288. The number of aliphatic carboxylic acids is 1. The van der Waals surface area contributed by atoms with Crippen molar-refractivity contribution in [1.29, 1.82) is 0 Å². The molecule has 3 aliphatic carbocycles. The summed E-state index contributed by atoms with van der Waals surface area (Å²) in [7, 11) is 0. The van der Waals surface area contributed by atoms with Gasteiger partial charge in [-0.1, -0.05) is 19.3 Å². The van der Waals surface area contributed by atoms with Crippen LogP contribution in [0.1, 0.15) is 170 Å². The third-order valence-electron chi connectivity index (χ3n) is 11.4. The van der Waals surface area contributed by atoms with Gasteiger partial charge in [0.15, 0.2) is 0 Å². The number of amides is 2. The van der Waals surface area contributed by atoms with Gasteiger partial charge in [0.1, 0.15) is 11.2 Å². The number of carbonyl (C=O) groups excluding carboxylic acids is 4. The van der Waals surface area contributed by atoms with Crippen molar-refractivity contribution >= 4 is 42.1 Å². The van der Waals surface area contributed by atoms with Crippen LogP contribution < -0.4 is 5.73 Å². The molecule has 6 atom stereocenters. The van der Waals surface area contributed by atoms with Gasteiger partial charge in [-0.2, -0.15) is 0 Å². The summed E-state index contributed by atoms with van der Waals surface area (Å²) in [6.45, 7) is 15.1. The summed E-state index contributed by atoms with van der Waals surface area (Å²) in [5.41, 5.74) is 5.06. The van der Waals surface area contributed by atoms with Crippen molar-refractivity contribution in [2.24, 2.45) is 35.3 Å². The Morgan fingerprint density at radius 2 is 0.909 bits per heavy atom. The predicted molar refractivity (Wildman–Crippen MR) is 217 cm³/mol. The maximum Gasteiger partial charge on any atom is 0.306 e. The van der Waals surface area contributed by atoms with Crippen LogP contribution in [-0.2, 0) is 33.4 Å². The zero-order valence-corrected chi connectivity index (χ0v) is 35.9. The van der Waals surface area contributed by atoms with Crippen LogP contribution in [0.5, 0.6) is 0 Å².